The maximum atomic E-state index is 6.01. The van der Waals surface area contributed by atoms with Gasteiger partial charge in [0.1, 0.15) is 0 Å². The fourth-order valence-corrected chi connectivity index (χ4v) is 2.00. The number of anilines is 1. The molecule has 0 saturated heterocycles. The fraction of sp³-hybridized carbons (Fsp3) is 0.167. The Labute approximate surface area is 113 Å². The van der Waals surface area contributed by atoms with Crippen molar-refractivity contribution in [3.63, 3.8) is 0 Å². The Bertz CT molecular complexity index is 686. The third-order valence-corrected chi connectivity index (χ3v) is 2.97. The van der Waals surface area contributed by atoms with E-state index in [0.717, 1.165) is 10.8 Å². The molecule has 6 nitrogen and oxygen atoms in total. The van der Waals surface area contributed by atoms with E-state index in [1.807, 2.05) is 24.3 Å². The first kappa shape index (κ1) is 11.9. The molecule has 0 unspecified atom stereocenters. The van der Waals surface area contributed by atoms with E-state index in [1.54, 1.807) is 0 Å². The van der Waals surface area contributed by atoms with E-state index in [1.165, 1.54) is 6.39 Å². The molecule has 0 aliphatic rings. The average Bonchev–Trinajstić information content (AvgIpc) is 2.95. The lowest BCUT2D eigenvalue weighted by Crippen LogP contribution is -2.08. The monoisotopic (exact) mass is 275 g/mol. The van der Waals surface area contributed by atoms with Gasteiger partial charge in [-0.05, 0) is 0 Å². The molecule has 2 heterocycles. The van der Waals surface area contributed by atoms with Crippen LogP contribution in [0.4, 0.5) is 5.82 Å². The minimum absolute atomic E-state index is 0.402. The van der Waals surface area contributed by atoms with Gasteiger partial charge in [0.25, 0.3) is 0 Å². The molecule has 0 fully saturated rings. The van der Waals surface area contributed by atoms with Gasteiger partial charge < -0.3 is 9.84 Å². The number of benzene rings is 1. The first-order chi connectivity index (χ1) is 9.34. The van der Waals surface area contributed by atoms with Gasteiger partial charge in [0, 0.05) is 23.7 Å². The maximum Gasteiger partial charge on any atom is 0.213 e. The Hall–Kier alpha value is -2.21. The van der Waals surface area contributed by atoms with Crippen LogP contribution in [0, 0.1) is 0 Å². The number of aromatic nitrogens is 4. The number of hydrogen-bond donors (Lipinski definition) is 1. The van der Waals surface area contributed by atoms with Crippen LogP contribution in [0.3, 0.4) is 0 Å². The van der Waals surface area contributed by atoms with Gasteiger partial charge in [0.2, 0.25) is 6.39 Å². The van der Waals surface area contributed by atoms with Crippen LogP contribution in [0.5, 0.6) is 0 Å². The number of nitrogens with zero attached hydrogens (tertiary/aromatic N) is 4. The maximum absolute atomic E-state index is 6.01. The van der Waals surface area contributed by atoms with Crippen molar-refractivity contribution in [3.8, 4) is 0 Å². The summed E-state index contributed by atoms with van der Waals surface area (Å²) in [5.41, 5.74) is 0. The third-order valence-electron chi connectivity index (χ3n) is 2.69. The van der Waals surface area contributed by atoms with Crippen LogP contribution in [0.1, 0.15) is 5.82 Å². The standard InChI is InChI=1S/C12H10ClN5O/c13-11-8-3-1-2-4-9(8)12(17-16-11)14-6-5-10-15-7-19-18-10/h1-4,7H,5-6H2,(H,14,17). The molecule has 19 heavy (non-hydrogen) atoms. The zero-order valence-electron chi connectivity index (χ0n) is 9.88. The zero-order chi connectivity index (χ0) is 13.1. The van der Waals surface area contributed by atoms with Crippen molar-refractivity contribution in [2.45, 2.75) is 6.42 Å². The summed E-state index contributed by atoms with van der Waals surface area (Å²) >= 11 is 6.01. The molecule has 0 spiro atoms. The molecule has 2 aromatic heterocycles. The SMILES string of the molecule is Clc1nnc(NCCc2ncon2)c2ccccc12. The summed E-state index contributed by atoms with van der Waals surface area (Å²) in [6, 6.07) is 7.72. The van der Waals surface area contributed by atoms with E-state index in [-0.39, 0.29) is 0 Å². The topological polar surface area (TPSA) is 76.7 Å². The Morgan fingerprint density at radius 2 is 2.00 bits per heavy atom. The summed E-state index contributed by atoms with van der Waals surface area (Å²) in [6.07, 6.45) is 1.96. The molecule has 0 radical (unpaired) electrons. The Morgan fingerprint density at radius 1 is 1.16 bits per heavy atom. The number of nitrogens with one attached hydrogen (secondary N) is 1. The molecule has 3 rings (SSSR count). The van der Waals surface area contributed by atoms with Gasteiger partial charge >= 0.3 is 0 Å². The molecule has 0 atom stereocenters. The minimum Gasteiger partial charge on any atom is -0.368 e. The van der Waals surface area contributed by atoms with Gasteiger partial charge in [-0.2, -0.15) is 4.98 Å². The molecule has 96 valence electrons. The first-order valence-corrected chi connectivity index (χ1v) is 6.12. The van der Waals surface area contributed by atoms with Crippen molar-refractivity contribution >= 4 is 28.2 Å². The Morgan fingerprint density at radius 3 is 2.79 bits per heavy atom. The van der Waals surface area contributed by atoms with E-state index in [9.17, 15) is 0 Å². The second-order valence-electron chi connectivity index (χ2n) is 3.91. The van der Waals surface area contributed by atoms with Gasteiger partial charge in [-0.3, -0.25) is 0 Å². The highest BCUT2D eigenvalue weighted by Gasteiger charge is 2.07. The van der Waals surface area contributed by atoms with Crippen molar-refractivity contribution in [2.24, 2.45) is 0 Å². The van der Waals surface area contributed by atoms with E-state index >= 15 is 0 Å². The molecule has 3 aromatic rings. The van der Waals surface area contributed by atoms with Gasteiger partial charge in [0.15, 0.2) is 16.8 Å². The molecule has 1 N–H and O–H groups in total. The summed E-state index contributed by atoms with van der Waals surface area (Å²) < 4.78 is 4.67. The molecule has 0 aliphatic heterocycles. The van der Waals surface area contributed by atoms with Crippen LogP contribution >= 0.6 is 11.6 Å². The van der Waals surface area contributed by atoms with Crippen LogP contribution in [0.25, 0.3) is 10.8 Å². The molecular weight excluding hydrogens is 266 g/mol. The van der Waals surface area contributed by atoms with E-state index in [4.69, 9.17) is 11.6 Å². The quantitative estimate of drug-likeness (QED) is 0.787. The van der Waals surface area contributed by atoms with Crippen LogP contribution in [0.2, 0.25) is 5.15 Å². The molecule has 0 amide bonds. The molecule has 7 heteroatoms. The highest BCUT2D eigenvalue weighted by atomic mass is 35.5. The van der Waals surface area contributed by atoms with Gasteiger partial charge in [0.05, 0.1) is 0 Å². The largest absolute Gasteiger partial charge is 0.368 e. The Balaban J connectivity index is 1.79. The van der Waals surface area contributed by atoms with Crippen LogP contribution in [-0.4, -0.2) is 26.9 Å². The average molecular weight is 276 g/mol. The van der Waals surface area contributed by atoms with Crippen molar-refractivity contribution in [2.75, 3.05) is 11.9 Å². The van der Waals surface area contributed by atoms with Gasteiger partial charge in [-0.15, -0.1) is 10.2 Å². The number of rotatable bonds is 4. The molecule has 0 aliphatic carbocycles. The van der Waals surface area contributed by atoms with Crippen molar-refractivity contribution in [1.82, 2.24) is 20.3 Å². The molecular formula is C12H10ClN5O. The lowest BCUT2D eigenvalue weighted by Gasteiger charge is -2.07. The Kier molecular flexibility index (Phi) is 3.24. The number of halogens is 1. The number of hydrogen-bond acceptors (Lipinski definition) is 6. The van der Waals surface area contributed by atoms with Crippen molar-refractivity contribution < 1.29 is 4.52 Å². The van der Waals surface area contributed by atoms with Gasteiger partial charge in [-0.25, -0.2) is 0 Å². The smallest absolute Gasteiger partial charge is 0.213 e. The lowest BCUT2D eigenvalue weighted by molar-refractivity contribution is 0.410. The van der Waals surface area contributed by atoms with Gasteiger partial charge in [-0.1, -0.05) is 41.0 Å². The third kappa shape index (κ3) is 2.48. The normalized spacial score (nSPS) is 10.8. The van der Waals surface area contributed by atoms with Crippen LogP contribution in [-0.2, 0) is 6.42 Å². The fourth-order valence-electron chi connectivity index (χ4n) is 1.80. The summed E-state index contributed by atoms with van der Waals surface area (Å²) in [4.78, 5) is 3.95. The second kappa shape index (κ2) is 5.19. The predicted molar refractivity (Wildman–Crippen MR) is 71.0 cm³/mol. The molecule has 1 aromatic carbocycles. The predicted octanol–water partition coefficient (Wildman–Crippen LogP) is 2.32. The highest BCUT2D eigenvalue weighted by Crippen LogP contribution is 2.25. The summed E-state index contributed by atoms with van der Waals surface area (Å²) in [5, 5.41) is 17.2. The van der Waals surface area contributed by atoms with E-state index in [0.29, 0.717) is 29.8 Å². The molecule has 0 bridgehead atoms. The second-order valence-corrected chi connectivity index (χ2v) is 4.27. The summed E-state index contributed by atoms with van der Waals surface area (Å²) in [6.45, 7) is 0.639. The first-order valence-electron chi connectivity index (χ1n) is 5.74. The highest BCUT2D eigenvalue weighted by molar-refractivity contribution is 6.34. The van der Waals surface area contributed by atoms with Crippen molar-refractivity contribution in [1.29, 1.82) is 0 Å². The zero-order valence-corrected chi connectivity index (χ0v) is 10.6. The van der Waals surface area contributed by atoms with Crippen LogP contribution < -0.4 is 5.32 Å². The van der Waals surface area contributed by atoms with E-state index < -0.39 is 0 Å². The van der Waals surface area contributed by atoms with Crippen molar-refractivity contribution in [3.05, 3.63) is 41.6 Å². The summed E-state index contributed by atoms with van der Waals surface area (Å²) in [5.74, 6) is 1.35. The summed E-state index contributed by atoms with van der Waals surface area (Å²) in [7, 11) is 0. The van der Waals surface area contributed by atoms with E-state index in [2.05, 4.69) is 30.2 Å². The lowest BCUT2D eigenvalue weighted by atomic mass is 10.2. The van der Waals surface area contributed by atoms with Crippen LogP contribution in [0.15, 0.2) is 35.2 Å². The minimum atomic E-state index is 0.402. The molecule has 0 saturated carbocycles. The number of fused-ring (bicyclic) bond motifs is 1.